The van der Waals surface area contributed by atoms with E-state index in [4.69, 9.17) is 5.73 Å². The van der Waals surface area contributed by atoms with E-state index < -0.39 is 0 Å². The van der Waals surface area contributed by atoms with Crippen LogP contribution in [0.5, 0.6) is 0 Å². The zero-order chi connectivity index (χ0) is 13.2. The van der Waals surface area contributed by atoms with Gasteiger partial charge in [-0.15, -0.1) is 22.7 Å². The summed E-state index contributed by atoms with van der Waals surface area (Å²) >= 11 is 3.35. The standard InChI is InChI=1S/C13H18N4S2/c1-16-4-6-17(7-5-16)9-11-12(15-13(14)19-11)10-3-2-8-18-10/h2-3,8H,4-7,9H2,1H3,(H2,14,15). The molecule has 0 aromatic carbocycles. The lowest BCUT2D eigenvalue weighted by Crippen LogP contribution is -2.43. The van der Waals surface area contributed by atoms with Gasteiger partial charge in [-0.1, -0.05) is 6.07 Å². The molecule has 0 bridgehead atoms. The van der Waals surface area contributed by atoms with E-state index in [0.717, 1.165) is 38.4 Å². The van der Waals surface area contributed by atoms with Gasteiger partial charge < -0.3 is 10.6 Å². The Morgan fingerprint density at radius 3 is 2.79 bits per heavy atom. The van der Waals surface area contributed by atoms with Crippen LogP contribution in [0.15, 0.2) is 17.5 Å². The molecule has 3 rings (SSSR count). The van der Waals surface area contributed by atoms with Gasteiger partial charge in [0.25, 0.3) is 0 Å². The Hall–Kier alpha value is -0.950. The van der Waals surface area contributed by atoms with Crippen molar-refractivity contribution in [2.45, 2.75) is 6.54 Å². The summed E-state index contributed by atoms with van der Waals surface area (Å²) in [7, 11) is 2.18. The molecule has 6 heteroatoms. The van der Waals surface area contributed by atoms with E-state index >= 15 is 0 Å². The molecule has 1 aliphatic heterocycles. The van der Waals surface area contributed by atoms with Crippen molar-refractivity contribution in [2.24, 2.45) is 0 Å². The van der Waals surface area contributed by atoms with Crippen LogP contribution in [0.4, 0.5) is 5.13 Å². The number of nitrogens with zero attached hydrogens (tertiary/aromatic N) is 3. The molecule has 3 heterocycles. The largest absolute Gasteiger partial charge is 0.375 e. The van der Waals surface area contributed by atoms with Crippen molar-refractivity contribution in [2.75, 3.05) is 39.0 Å². The highest BCUT2D eigenvalue weighted by molar-refractivity contribution is 7.17. The topological polar surface area (TPSA) is 45.4 Å². The number of thiazole rings is 1. The normalized spacial score (nSPS) is 17.9. The summed E-state index contributed by atoms with van der Waals surface area (Å²) in [6, 6.07) is 4.18. The summed E-state index contributed by atoms with van der Waals surface area (Å²) < 4.78 is 0. The quantitative estimate of drug-likeness (QED) is 0.942. The van der Waals surface area contributed by atoms with Gasteiger partial charge in [-0.2, -0.15) is 0 Å². The highest BCUT2D eigenvalue weighted by atomic mass is 32.1. The molecular weight excluding hydrogens is 276 g/mol. The average molecular weight is 294 g/mol. The summed E-state index contributed by atoms with van der Waals surface area (Å²) in [5.41, 5.74) is 6.98. The van der Waals surface area contributed by atoms with Gasteiger partial charge >= 0.3 is 0 Å². The monoisotopic (exact) mass is 294 g/mol. The predicted molar refractivity (Wildman–Crippen MR) is 82.6 cm³/mol. The third kappa shape index (κ3) is 2.97. The lowest BCUT2D eigenvalue weighted by atomic mass is 10.2. The number of rotatable bonds is 3. The van der Waals surface area contributed by atoms with Gasteiger partial charge in [-0.3, -0.25) is 4.90 Å². The fraction of sp³-hybridized carbons (Fsp3) is 0.462. The minimum absolute atomic E-state index is 0.674. The number of likely N-dealkylation sites (N-methyl/N-ethyl adjacent to an activating group) is 1. The molecule has 0 saturated carbocycles. The van der Waals surface area contributed by atoms with Gasteiger partial charge in [-0.05, 0) is 18.5 Å². The fourth-order valence-electron chi connectivity index (χ4n) is 2.29. The Labute approximate surface area is 121 Å². The molecule has 1 saturated heterocycles. The Morgan fingerprint density at radius 1 is 1.32 bits per heavy atom. The molecule has 2 aromatic heterocycles. The molecule has 1 fully saturated rings. The van der Waals surface area contributed by atoms with Crippen molar-refractivity contribution in [3.8, 4) is 10.6 Å². The number of nitrogen functional groups attached to an aromatic ring is 1. The molecule has 1 aliphatic rings. The SMILES string of the molecule is CN1CCN(Cc2sc(N)nc2-c2cccs2)CC1. The van der Waals surface area contributed by atoms with Gasteiger partial charge in [0.1, 0.15) is 0 Å². The first kappa shape index (κ1) is 13.1. The summed E-state index contributed by atoms with van der Waals surface area (Å²) in [5, 5.41) is 2.76. The zero-order valence-electron chi connectivity index (χ0n) is 11.0. The van der Waals surface area contributed by atoms with E-state index in [9.17, 15) is 0 Å². The summed E-state index contributed by atoms with van der Waals surface area (Å²) in [5.74, 6) is 0. The highest BCUT2D eigenvalue weighted by Crippen LogP contribution is 2.33. The molecule has 0 radical (unpaired) electrons. The molecular formula is C13H18N4S2. The second-order valence-corrected chi connectivity index (χ2v) is 6.94. The third-order valence-corrected chi connectivity index (χ3v) is 5.18. The molecule has 0 atom stereocenters. The van der Waals surface area contributed by atoms with Crippen LogP contribution in [-0.4, -0.2) is 48.0 Å². The van der Waals surface area contributed by atoms with Gasteiger partial charge in [0, 0.05) is 37.6 Å². The van der Waals surface area contributed by atoms with Crippen LogP contribution < -0.4 is 5.73 Å². The summed E-state index contributed by atoms with van der Waals surface area (Å²) in [6.07, 6.45) is 0. The number of anilines is 1. The number of piperazine rings is 1. The van der Waals surface area contributed by atoms with E-state index in [1.165, 1.54) is 9.75 Å². The van der Waals surface area contributed by atoms with Gasteiger partial charge in [0.05, 0.1) is 10.6 Å². The van der Waals surface area contributed by atoms with Crippen molar-refractivity contribution in [1.82, 2.24) is 14.8 Å². The maximum absolute atomic E-state index is 5.90. The number of thiophene rings is 1. The molecule has 4 nitrogen and oxygen atoms in total. The minimum Gasteiger partial charge on any atom is -0.375 e. The van der Waals surface area contributed by atoms with Crippen molar-refractivity contribution >= 4 is 27.8 Å². The van der Waals surface area contributed by atoms with Gasteiger partial charge in [0.2, 0.25) is 0 Å². The molecule has 0 amide bonds. The Kier molecular flexibility index (Phi) is 3.83. The Morgan fingerprint density at radius 2 is 2.11 bits per heavy atom. The molecule has 2 N–H and O–H groups in total. The van der Waals surface area contributed by atoms with Crippen molar-refractivity contribution in [3.63, 3.8) is 0 Å². The predicted octanol–water partition coefficient (Wildman–Crippen LogP) is 2.20. The van der Waals surface area contributed by atoms with Crippen molar-refractivity contribution in [3.05, 3.63) is 22.4 Å². The molecule has 102 valence electrons. The molecule has 0 aliphatic carbocycles. The first-order chi connectivity index (χ1) is 9.22. The maximum Gasteiger partial charge on any atom is 0.180 e. The van der Waals surface area contributed by atoms with Crippen LogP contribution in [0.3, 0.4) is 0 Å². The van der Waals surface area contributed by atoms with Crippen molar-refractivity contribution < 1.29 is 0 Å². The van der Waals surface area contributed by atoms with Crippen LogP contribution >= 0.6 is 22.7 Å². The fourth-order valence-corrected chi connectivity index (χ4v) is 3.99. The van der Waals surface area contributed by atoms with Crippen molar-refractivity contribution in [1.29, 1.82) is 0 Å². The highest BCUT2D eigenvalue weighted by Gasteiger charge is 2.18. The minimum atomic E-state index is 0.674. The third-order valence-electron chi connectivity index (χ3n) is 3.43. The van der Waals surface area contributed by atoms with E-state index in [1.54, 1.807) is 22.7 Å². The number of nitrogens with two attached hydrogens (primary N) is 1. The molecule has 2 aromatic rings. The molecule has 19 heavy (non-hydrogen) atoms. The van der Waals surface area contributed by atoms with E-state index in [0.29, 0.717) is 5.13 Å². The first-order valence-corrected chi connectivity index (χ1v) is 8.12. The molecule has 0 spiro atoms. The number of hydrogen-bond acceptors (Lipinski definition) is 6. The Balaban J connectivity index is 1.77. The van der Waals surface area contributed by atoms with Crippen LogP contribution in [-0.2, 0) is 6.54 Å². The van der Waals surface area contributed by atoms with E-state index in [1.807, 2.05) is 0 Å². The molecule has 0 unspecified atom stereocenters. The van der Waals surface area contributed by atoms with Crippen LogP contribution in [0.25, 0.3) is 10.6 Å². The smallest absolute Gasteiger partial charge is 0.180 e. The van der Waals surface area contributed by atoms with Gasteiger partial charge in [0.15, 0.2) is 5.13 Å². The summed E-state index contributed by atoms with van der Waals surface area (Å²) in [4.78, 5) is 11.9. The number of aromatic nitrogens is 1. The van der Waals surface area contributed by atoms with E-state index in [2.05, 4.69) is 39.3 Å². The van der Waals surface area contributed by atoms with Crippen LogP contribution in [0.1, 0.15) is 4.88 Å². The summed E-state index contributed by atoms with van der Waals surface area (Å²) in [6.45, 7) is 5.50. The van der Waals surface area contributed by atoms with E-state index in [-0.39, 0.29) is 0 Å². The zero-order valence-corrected chi connectivity index (χ0v) is 12.6. The lowest BCUT2D eigenvalue weighted by Gasteiger charge is -2.32. The first-order valence-electron chi connectivity index (χ1n) is 6.42. The van der Waals surface area contributed by atoms with Gasteiger partial charge in [-0.25, -0.2) is 4.98 Å². The maximum atomic E-state index is 5.90. The van der Waals surface area contributed by atoms with Crippen LogP contribution in [0, 0.1) is 0 Å². The second-order valence-electron chi connectivity index (χ2n) is 4.88. The number of hydrogen-bond donors (Lipinski definition) is 1. The van der Waals surface area contributed by atoms with Crippen LogP contribution in [0.2, 0.25) is 0 Å². The average Bonchev–Trinajstić information content (AvgIpc) is 3.01. The second kappa shape index (κ2) is 5.58. The Bertz CT molecular complexity index is 527. The lowest BCUT2D eigenvalue weighted by molar-refractivity contribution is 0.149.